The average molecular weight is 554 g/mol. The second kappa shape index (κ2) is 12.8. The first-order chi connectivity index (χ1) is 19.9. The quantitative estimate of drug-likeness (QED) is 0.122. The Morgan fingerprint density at radius 1 is 0.805 bits per heavy atom. The van der Waals surface area contributed by atoms with Gasteiger partial charge in [-0.3, -0.25) is 9.59 Å². The summed E-state index contributed by atoms with van der Waals surface area (Å²) in [5.74, 6) is -0.0155. The number of para-hydroxylation sites is 2. The van der Waals surface area contributed by atoms with E-state index in [1.807, 2.05) is 91.1 Å². The van der Waals surface area contributed by atoms with Crippen LogP contribution in [0.2, 0.25) is 0 Å². The maximum atomic E-state index is 11.6. The standard InChI is InChI=1S/C34H35NO6/c36-31(37)22-34(17-18-34)21-27-23-35(24-32(38)39)33-26(7-6-10-30(27)33)14-11-25-12-15-29(16-13-25)41-20-5-4-19-40-28-8-2-1-3-9-28/h1-3,6-16,23H,4-5,17-22,24H2,(H,36,37)(H,38,39). The van der Waals surface area contributed by atoms with E-state index in [0.717, 1.165) is 64.8 Å². The Morgan fingerprint density at radius 2 is 1.49 bits per heavy atom. The zero-order valence-electron chi connectivity index (χ0n) is 23.0. The van der Waals surface area contributed by atoms with Crippen LogP contribution in [-0.2, 0) is 22.6 Å². The molecule has 4 aromatic rings. The number of benzene rings is 3. The largest absolute Gasteiger partial charge is 0.494 e. The monoisotopic (exact) mass is 553 g/mol. The number of carboxylic acids is 2. The first-order valence-electron chi connectivity index (χ1n) is 14.0. The molecule has 0 radical (unpaired) electrons. The van der Waals surface area contributed by atoms with Crippen LogP contribution < -0.4 is 9.47 Å². The summed E-state index contributed by atoms with van der Waals surface area (Å²) in [5.41, 5.74) is 3.54. The number of rotatable bonds is 15. The molecule has 0 unspecified atom stereocenters. The molecule has 1 aliphatic rings. The lowest BCUT2D eigenvalue weighted by Crippen LogP contribution is -2.11. The highest BCUT2D eigenvalue weighted by Crippen LogP contribution is 2.52. The summed E-state index contributed by atoms with van der Waals surface area (Å²) in [5, 5.41) is 19.9. The molecule has 3 aromatic carbocycles. The molecular weight excluding hydrogens is 518 g/mol. The van der Waals surface area contributed by atoms with E-state index in [9.17, 15) is 19.8 Å². The van der Waals surface area contributed by atoms with Crippen molar-refractivity contribution in [2.75, 3.05) is 13.2 Å². The van der Waals surface area contributed by atoms with Crippen LogP contribution in [0.3, 0.4) is 0 Å². The molecular formula is C34H35NO6. The summed E-state index contributed by atoms with van der Waals surface area (Å²) in [4.78, 5) is 23.0. The van der Waals surface area contributed by atoms with E-state index in [4.69, 9.17) is 9.47 Å². The van der Waals surface area contributed by atoms with E-state index >= 15 is 0 Å². The first kappa shape index (κ1) is 28.0. The molecule has 0 amide bonds. The van der Waals surface area contributed by atoms with Gasteiger partial charge in [0, 0.05) is 11.6 Å². The van der Waals surface area contributed by atoms with Crippen LogP contribution in [0.5, 0.6) is 11.5 Å². The first-order valence-corrected chi connectivity index (χ1v) is 14.0. The molecule has 7 nitrogen and oxygen atoms in total. The van der Waals surface area contributed by atoms with E-state index in [2.05, 4.69) is 0 Å². The van der Waals surface area contributed by atoms with Gasteiger partial charge >= 0.3 is 11.9 Å². The molecule has 7 heteroatoms. The van der Waals surface area contributed by atoms with Crippen molar-refractivity contribution >= 4 is 35.0 Å². The molecule has 41 heavy (non-hydrogen) atoms. The van der Waals surface area contributed by atoms with Gasteiger partial charge in [0.15, 0.2) is 0 Å². The molecule has 0 aliphatic heterocycles. The molecule has 212 valence electrons. The van der Waals surface area contributed by atoms with E-state index in [1.165, 1.54) is 0 Å². The predicted octanol–water partition coefficient (Wildman–Crippen LogP) is 6.93. The Bertz CT molecular complexity index is 1520. The van der Waals surface area contributed by atoms with Gasteiger partial charge in [0.25, 0.3) is 0 Å². The average Bonchev–Trinajstić information content (AvgIpc) is 3.62. The number of unbranched alkanes of at least 4 members (excludes halogenated alkanes) is 1. The van der Waals surface area contributed by atoms with Crippen molar-refractivity contribution in [2.24, 2.45) is 5.41 Å². The van der Waals surface area contributed by atoms with Gasteiger partial charge in [0.1, 0.15) is 18.0 Å². The fourth-order valence-corrected chi connectivity index (χ4v) is 5.29. The molecule has 1 aliphatic carbocycles. The van der Waals surface area contributed by atoms with Gasteiger partial charge in [-0.2, -0.15) is 0 Å². The molecule has 1 fully saturated rings. The Balaban J connectivity index is 1.22. The number of fused-ring (bicyclic) bond motifs is 1. The van der Waals surface area contributed by atoms with Crippen LogP contribution in [0.4, 0.5) is 0 Å². The summed E-state index contributed by atoms with van der Waals surface area (Å²) in [6, 6.07) is 23.6. The normalized spacial score (nSPS) is 13.9. The summed E-state index contributed by atoms with van der Waals surface area (Å²) in [6.45, 7) is 1.12. The van der Waals surface area contributed by atoms with Crippen molar-refractivity contribution in [3.8, 4) is 11.5 Å². The summed E-state index contributed by atoms with van der Waals surface area (Å²) >= 11 is 0. The number of hydrogen-bond acceptors (Lipinski definition) is 4. The van der Waals surface area contributed by atoms with Crippen molar-refractivity contribution in [2.45, 2.75) is 45.1 Å². The third-order valence-corrected chi connectivity index (χ3v) is 7.52. The van der Waals surface area contributed by atoms with Crippen LogP contribution in [0, 0.1) is 5.41 Å². The molecule has 0 saturated heterocycles. The SMILES string of the molecule is O=C(O)Cn1cc(CC2(CC(=O)O)CC2)c2cccc(C=Cc3ccc(OCCCCOc4ccccc4)cc3)c21. The number of aromatic nitrogens is 1. The number of ether oxygens (including phenoxy) is 2. The second-order valence-corrected chi connectivity index (χ2v) is 10.8. The highest BCUT2D eigenvalue weighted by atomic mass is 16.5. The molecule has 0 atom stereocenters. The van der Waals surface area contributed by atoms with E-state index in [-0.39, 0.29) is 18.4 Å². The van der Waals surface area contributed by atoms with Crippen molar-refractivity contribution in [3.05, 3.63) is 95.7 Å². The molecule has 1 aromatic heterocycles. The Kier molecular flexibility index (Phi) is 8.73. The fraction of sp³-hybridized carbons (Fsp3) is 0.294. The number of carbonyl (C=O) groups is 2. The zero-order chi connectivity index (χ0) is 28.7. The van der Waals surface area contributed by atoms with Crippen LogP contribution in [-0.4, -0.2) is 39.9 Å². The topological polar surface area (TPSA) is 98.0 Å². The number of hydrogen-bond donors (Lipinski definition) is 2. The minimum Gasteiger partial charge on any atom is -0.494 e. The van der Waals surface area contributed by atoms with Crippen molar-refractivity contribution in [1.82, 2.24) is 4.57 Å². The Labute approximate surface area is 239 Å². The summed E-state index contributed by atoms with van der Waals surface area (Å²) in [7, 11) is 0. The van der Waals surface area contributed by atoms with Crippen LogP contribution in [0.25, 0.3) is 23.1 Å². The molecule has 1 saturated carbocycles. The molecule has 5 rings (SSSR count). The summed E-state index contributed by atoms with van der Waals surface area (Å²) in [6.07, 6.45) is 10.2. The Hall–Kier alpha value is -4.52. The van der Waals surface area contributed by atoms with E-state index in [0.29, 0.717) is 19.6 Å². The lowest BCUT2D eigenvalue weighted by molar-refractivity contribution is -0.139. The smallest absolute Gasteiger partial charge is 0.323 e. The second-order valence-electron chi connectivity index (χ2n) is 10.8. The van der Waals surface area contributed by atoms with Crippen molar-refractivity contribution in [3.63, 3.8) is 0 Å². The number of nitrogens with zero attached hydrogens (tertiary/aromatic N) is 1. The predicted molar refractivity (Wildman–Crippen MR) is 159 cm³/mol. The molecule has 2 N–H and O–H groups in total. The summed E-state index contributed by atoms with van der Waals surface area (Å²) < 4.78 is 13.4. The van der Waals surface area contributed by atoms with Gasteiger partial charge in [0.05, 0.1) is 25.2 Å². The van der Waals surface area contributed by atoms with Gasteiger partial charge in [-0.25, -0.2) is 0 Å². The highest BCUT2D eigenvalue weighted by molar-refractivity contribution is 5.94. The van der Waals surface area contributed by atoms with Gasteiger partial charge in [0.2, 0.25) is 0 Å². The number of aliphatic carboxylic acids is 2. The van der Waals surface area contributed by atoms with Gasteiger partial charge in [-0.15, -0.1) is 0 Å². The maximum absolute atomic E-state index is 11.6. The van der Waals surface area contributed by atoms with Crippen molar-refractivity contribution in [1.29, 1.82) is 0 Å². The van der Waals surface area contributed by atoms with Gasteiger partial charge in [-0.1, -0.05) is 60.7 Å². The Morgan fingerprint density at radius 3 is 2.12 bits per heavy atom. The van der Waals surface area contributed by atoms with Crippen LogP contribution in [0.1, 0.15) is 48.8 Å². The van der Waals surface area contributed by atoms with Crippen molar-refractivity contribution < 1.29 is 29.3 Å². The minimum atomic E-state index is -0.918. The molecule has 1 heterocycles. The van der Waals surface area contributed by atoms with Gasteiger partial charge < -0.3 is 24.3 Å². The fourth-order valence-electron chi connectivity index (χ4n) is 5.29. The molecule has 0 bridgehead atoms. The van der Waals surface area contributed by atoms with E-state index < -0.39 is 11.9 Å². The lowest BCUT2D eigenvalue weighted by atomic mass is 9.92. The number of carboxylic acid groups (broad SMARTS) is 2. The highest BCUT2D eigenvalue weighted by Gasteiger charge is 2.44. The zero-order valence-corrected chi connectivity index (χ0v) is 23.0. The third kappa shape index (κ3) is 7.57. The maximum Gasteiger partial charge on any atom is 0.323 e. The van der Waals surface area contributed by atoms with E-state index in [1.54, 1.807) is 4.57 Å². The molecule has 0 spiro atoms. The van der Waals surface area contributed by atoms with Crippen LogP contribution in [0.15, 0.2) is 79.0 Å². The lowest BCUT2D eigenvalue weighted by Gasteiger charge is -2.11. The third-order valence-electron chi connectivity index (χ3n) is 7.52. The minimum absolute atomic E-state index is 0.139. The van der Waals surface area contributed by atoms with Crippen LogP contribution >= 0.6 is 0 Å². The van der Waals surface area contributed by atoms with Gasteiger partial charge in [-0.05, 0) is 78.5 Å².